The Bertz CT molecular complexity index is 1640. The third kappa shape index (κ3) is 4.55. The number of hydrogen-bond donors (Lipinski definition) is 0. The fourth-order valence-electron chi connectivity index (χ4n) is 4.11. The first-order valence-corrected chi connectivity index (χ1v) is 12.4. The summed E-state index contributed by atoms with van der Waals surface area (Å²) < 4.78 is 20.8. The van der Waals surface area contributed by atoms with Crippen LogP contribution in [-0.4, -0.2) is 17.1 Å². The third-order valence-corrected chi connectivity index (χ3v) is 6.96. The smallest absolute Gasteiger partial charge is 0.338 e. The van der Waals surface area contributed by atoms with Gasteiger partial charge in [0, 0.05) is 10.6 Å². The predicted molar refractivity (Wildman–Crippen MR) is 139 cm³/mol. The summed E-state index contributed by atoms with van der Waals surface area (Å²) in [6.45, 7) is 1.91. The molecule has 5 nitrogen and oxygen atoms in total. The van der Waals surface area contributed by atoms with E-state index < -0.39 is 12.0 Å². The van der Waals surface area contributed by atoms with E-state index in [-0.39, 0.29) is 23.6 Å². The van der Waals surface area contributed by atoms with Gasteiger partial charge in [-0.1, -0.05) is 77.5 Å². The maximum absolute atomic E-state index is 13.7. The Morgan fingerprint density at radius 3 is 2.44 bits per heavy atom. The van der Waals surface area contributed by atoms with Crippen molar-refractivity contribution in [3.8, 4) is 0 Å². The van der Waals surface area contributed by atoms with Crippen molar-refractivity contribution in [1.82, 2.24) is 4.57 Å². The molecule has 0 spiro atoms. The highest BCUT2D eigenvalue weighted by Crippen LogP contribution is 2.35. The van der Waals surface area contributed by atoms with Crippen LogP contribution in [0.5, 0.6) is 0 Å². The molecule has 0 bridgehead atoms. The SMILES string of the molecule is CCOC(=O)C1=C(c2ccccc2)N=c2s/c(=C\c3ccc(F)cc3)c(=O)n2C1c1ccc(Cl)cc1. The summed E-state index contributed by atoms with van der Waals surface area (Å²) in [5, 5.41) is 0.535. The van der Waals surface area contributed by atoms with Gasteiger partial charge in [-0.3, -0.25) is 9.36 Å². The standard InChI is InChI=1S/C28H20ClFN2O3S/c1-2-35-27(34)23-24(18-6-4-3-5-7-18)31-28-32(25(23)19-10-12-20(29)13-11-19)26(33)22(36-28)16-17-8-14-21(30)15-9-17/h3-16,25H,2H2,1H3/b22-16-. The molecule has 0 aliphatic carbocycles. The minimum atomic E-state index is -0.775. The van der Waals surface area contributed by atoms with E-state index in [4.69, 9.17) is 21.3 Å². The van der Waals surface area contributed by atoms with Crippen LogP contribution in [0.25, 0.3) is 11.8 Å². The van der Waals surface area contributed by atoms with Gasteiger partial charge in [-0.05, 0) is 48.4 Å². The molecule has 2 heterocycles. The first-order chi connectivity index (χ1) is 17.5. The van der Waals surface area contributed by atoms with Crippen molar-refractivity contribution >= 4 is 40.7 Å². The molecule has 1 unspecified atom stereocenters. The summed E-state index contributed by atoms with van der Waals surface area (Å²) in [5.41, 5.74) is 2.51. The molecular weight excluding hydrogens is 499 g/mol. The van der Waals surface area contributed by atoms with E-state index in [0.29, 0.717) is 31.2 Å². The van der Waals surface area contributed by atoms with Crippen molar-refractivity contribution in [2.75, 3.05) is 6.61 Å². The Morgan fingerprint density at radius 2 is 1.78 bits per heavy atom. The van der Waals surface area contributed by atoms with E-state index in [1.165, 1.54) is 28.0 Å². The molecule has 5 rings (SSSR count). The van der Waals surface area contributed by atoms with Crippen LogP contribution >= 0.6 is 22.9 Å². The number of carbonyl (C=O) groups excluding carboxylic acids is 1. The molecule has 0 radical (unpaired) electrons. The summed E-state index contributed by atoms with van der Waals surface area (Å²) in [4.78, 5) is 32.3. The van der Waals surface area contributed by atoms with E-state index >= 15 is 0 Å². The van der Waals surface area contributed by atoms with Gasteiger partial charge in [0.25, 0.3) is 5.56 Å². The van der Waals surface area contributed by atoms with Gasteiger partial charge in [0.1, 0.15) is 5.82 Å². The topological polar surface area (TPSA) is 60.7 Å². The number of rotatable bonds is 5. The summed E-state index contributed by atoms with van der Waals surface area (Å²) in [7, 11) is 0. The molecule has 36 heavy (non-hydrogen) atoms. The Labute approximate surface area is 215 Å². The Kier molecular flexibility index (Phi) is 6.67. The highest BCUT2D eigenvalue weighted by atomic mass is 35.5. The molecule has 4 aromatic rings. The van der Waals surface area contributed by atoms with E-state index in [1.807, 2.05) is 30.3 Å². The predicted octanol–water partition coefficient (Wildman–Crippen LogP) is 4.73. The van der Waals surface area contributed by atoms with E-state index in [1.54, 1.807) is 49.4 Å². The zero-order valence-electron chi connectivity index (χ0n) is 19.2. The number of hydrogen-bond acceptors (Lipinski definition) is 5. The Hall–Kier alpha value is -3.81. The quantitative estimate of drug-likeness (QED) is 0.359. The van der Waals surface area contributed by atoms with Crippen LogP contribution in [0, 0.1) is 5.82 Å². The molecule has 0 N–H and O–H groups in total. The molecule has 8 heteroatoms. The van der Waals surface area contributed by atoms with Gasteiger partial charge < -0.3 is 4.74 Å². The fourth-order valence-corrected chi connectivity index (χ4v) is 5.24. The minimum absolute atomic E-state index is 0.173. The van der Waals surface area contributed by atoms with Crippen LogP contribution in [0.15, 0.2) is 94.2 Å². The van der Waals surface area contributed by atoms with Gasteiger partial charge in [-0.15, -0.1) is 0 Å². The fraction of sp³-hybridized carbons (Fsp3) is 0.107. The Balaban J connectivity index is 1.82. The molecule has 3 aromatic carbocycles. The number of fused-ring (bicyclic) bond motifs is 1. The molecule has 1 atom stereocenters. The molecule has 1 aliphatic heterocycles. The minimum Gasteiger partial charge on any atom is -0.463 e. The molecule has 180 valence electrons. The van der Waals surface area contributed by atoms with E-state index in [9.17, 15) is 14.0 Å². The van der Waals surface area contributed by atoms with Gasteiger partial charge >= 0.3 is 5.97 Å². The maximum Gasteiger partial charge on any atom is 0.338 e. The lowest BCUT2D eigenvalue weighted by Gasteiger charge is -2.25. The van der Waals surface area contributed by atoms with Crippen LogP contribution in [-0.2, 0) is 9.53 Å². The normalized spacial score (nSPS) is 15.4. The first-order valence-electron chi connectivity index (χ1n) is 11.3. The average Bonchev–Trinajstić information content (AvgIpc) is 3.20. The maximum atomic E-state index is 13.7. The van der Waals surface area contributed by atoms with E-state index in [0.717, 1.165) is 5.56 Å². The van der Waals surface area contributed by atoms with Crippen molar-refractivity contribution in [3.05, 3.63) is 132 Å². The second-order valence-corrected chi connectivity index (χ2v) is 9.48. The van der Waals surface area contributed by atoms with Crippen molar-refractivity contribution < 1.29 is 13.9 Å². The number of thiazole rings is 1. The van der Waals surface area contributed by atoms with Gasteiger partial charge in [-0.25, -0.2) is 14.2 Å². The zero-order chi connectivity index (χ0) is 25.2. The zero-order valence-corrected chi connectivity index (χ0v) is 20.7. The Morgan fingerprint density at radius 1 is 1.08 bits per heavy atom. The van der Waals surface area contributed by atoms with Gasteiger partial charge in [-0.2, -0.15) is 0 Å². The average molecular weight is 519 g/mol. The lowest BCUT2D eigenvalue weighted by Crippen LogP contribution is -2.40. The number of ether oxygens (including phenoxy) is 1. The molecule has 0 amide bonds. The second kappa shape index (κ2) is 10.0. The summed E-state index contributed by atoms with van der Waals surface area (Å²) >= 11 is 7.35. The lowest BCUT2D eigenvalue weighted by molar-refractivity contribution is -0.138. The van der Waals surface area contributed by atoms with Crippen LogP contribution < -0.4 is 14.9 Å². The van der Waals surface area contributed by atoms with Gasteiger partial charge in [0.2, 0.25) is 0 Å². The molecule has 0 saturated carbocycles. The number of nitrogens with zero attached hydrogens (tertiary/aromatic N) is 2. The van der Waals surface area contributed by atoms with Crippen LogP contribution in [0.1, 0.15) is 29.7 Å². The molecule has 1 aliphatic rings. The first kappa shape index (κ1) is 23.9. The number of carbonyl (C=O) groups is 1. The number of esters is 1. The van der Waals surface area contributed by atoms with Crippen molar-refractivity contribution in [2.45, 2.75) is 13.0 Å². The largest absolute Gasteiger partial charge is 0.463 e. The van der Waals surface area contributed by atoms with Crippen LogP contribution in [0.3, 0.4) is 0 Å². The summed E-state index contributed by atoms with van der Waals surface area (Å²) in [6.07, 6.45) is 1.69. The second-order valence-electron chi connectivity index (χ2n) is 8.03. The molecule has 0 fully saturated rings. The summed E-state index contributed by atoms with van der Waals surface area (Å²) in [5.74, 6) is -0.907. The number of benzene rings is 3. The lowest BCUT2D eigenvalue weighted by atomic mass is 9.93. The monoisotopic (exact) mass is 518 g/mol. The van der Waals surface area contributed by atoms with Crippen molar-refractivity contribution in [1.29, 1.82) is 0 Å². The van der Waals surface area contributed by atoms with Crippen molar-refractivity contribution in [2.24, 2.45) is 4.99 Å². The molecule has 1 aromatic heterocycles. The number of halogens is 2. The van der Waals surface area contributed by atoms with Crippen LogP contribution in [0.4, 0.5) is 4.39 Å². The molecule has 0 saturated heterocycles. The highest BCUT2D eigenvalue weighted by Gasteiger charge is 2.35. The van der Waals surface area contributed by atoms with Crippen LogP contribution in [0.2, 0.25) is 5.02 Å². The number of aromatic nitrogens is 1. The molecular formula is C28H20ClFN2O3S. The van der Waals surface area contributed by atoms with E-state index in [2.05, 4.69) is 0 Å². The summed E-state index contributed by atoms with van der Waals surface area (Å²) in [6, 6.07) is 21.5. The third-order valence-electron chi connectivity index (χ3n) is 5.73. The highest BCUT2D eigenvalue weighted by molar-refractivity contribution is 7.07. The van der Waals surface area contributed by atoms with Crippen molar-refractivity contribution in [3.63, 3.8) is 0 Å². The van der Waals surface area contributed by atoms with Gasteiger partial charge in [0.05, 0.1) is 28.5 Å². The van der Waals surface area contributed by atoms with Gasteiger partial charge in [0.15, 0.2) is 4.80 Å².